The lowest BCUT2D eigenvalue weighted by Gasteiger charge is -2.22. The van der Waals surface area contributed by atoms with Crippen LogP contribution in [0.4, 0.5) is 0 Å². The Hall–Kier alpha value is -1.92. The number of aliphatic hydroxyl groups is 1. The second-order valence-electron chi connectivity index (χ2n) is 5.66. The van der Waals surface area contributed by atoms with E-state index < -0.39 is 0 Å². The van der Waals surface area contributed by atoms with Gasteiger partial charge in [-0.25, -0.2) is 0 Å². The third-order valence-electron chi connectivity index (χ3n) is 4.11. The van der Waals surface area contributed by atoms with Gasteiger partial charge in [-0.15, -0.1) is 0 Å². The molecule has 4 rings (SSSR count). The Morgan fingerprint density at radius 1 is 1.29 bits per heavy atom. The molecule has 2 N–H and O–H groups in total. The second-order valence-corrected chi connectivity index (χ2v) is 5.66. The summed E-state index contributed by atoms with van der Waals surface area (Å²) in [6.07, 6.45) is 1.14. The molecular weight excluding hydrogens is 270 g/mol. The predicted molar refractivity (Wildman–Crippen MR) is 74.0 cm³/mol. The van der Waals surface area contributed by atoms with E-state index in [1.54, 1.807) is 0 Å². The van der Waals surface area contributed by atoms with Crippen LogP contribution in [-0.4, -0.2) is 34.5 Å². The summed E-state index contributed by atoms with van der Waals surface area (Å²) in [5.41, 5.74) is 1.18. The summed E-state index contributed by atoms with van der Waals surface area (Å²) in [4.78, 5) is 4.49. The number of fused-ring (bicyclic) bond motifs is 1. The molecule has 0 amide bonds. The highest BCUT2D eigenvalue weighted by Crippen LogP contribution is 2.32. The van der Waals surface area contributed by atoms with Gasteiger partial charge in [0.05, 0.1) is 24.7 Å². The molecule has 3 heterocycles. The number of hydrogen-bond donors (Lipinski definition) is 2. The zero-order valence-electron chi connectivity index (χ0n) is 11.5. The third kappa shape index (κ3) is 2.41. The molecule has 2 aliphatic rings. The van der Waals surface area contributed by atoms with Crippen molar-refractivity contribution >= 4 is 0 Å². The van der Waals surface area contributed by atoms with Crippen LogP contribution in [0, 0.1) is 0 Å². The Kier molecular flexibility index (Phi) is 3.12. The van der Waals surface area contributed by atoms with Crippen LogP contribution in [0.25, 0.3) is 0 Å². The number of aliphatic hydroxyl groups excluding tert-OH is 1. The normalized spacial score (nSPS) is 28.1. The Labute approximate surface area is 122 Å². The highest BCUT2D eigenvalue weighted by atomic mass is 16.5. The maximum Gasteiger partial charge on any atom is 0.243 e. The van der Waals surface area contributed by atoms with Crippen LogP contribution in [-0.2, 0) is 6.42 Å². The van der Waals surface area contributed by atoms with Crippen molar-refractivity contribution in [2.75, 3.05) is 13.2 Å². The van der Waals surface area contributed by atoms with Crippen LogP contribution in [0.3, 0.4) is 0 Å². The summed E-state index contributed by atoms with van der Waals surface area (Å²) >= 11 is 0. The van der Waals surface area contributed by atoms with Crippen LogP contribution >= 0.6 is 0 Å². The van der Waals surface area contributed by atoms with Gasteiger partial charge in [-0.1, -0.05) is 23.4 Å². The van der Waals surface area contributed by atoms with Crippen molar-refractivity contribution in [1.82, 2.24) is 15.5 Å². The van der Waals surface area contributed by atoms with Crippen LogP contribution in [0.15, 0.2) is 28.8 Å². The Bertz CT molecular complexity index is 643. The SMILES string of the molecule is O[C@@H]1CN[C@@H](c2nc(C3COc4ccccc4C3)no2)C1. The predicted octanol–water partition coefficient (Wildman–Crippen LogP) is 1.18. The molecule has 0 saturated carbocycles. The van der Waals surface area contributed by atoms with Crippen molar-refractivity contribution in [1.29, 1.82) is 0 Å². The largest absolute Gasteiger partial charge is 0.493 e. The van der Waals surface area contributed by atoms with Gasteiger partial charge in [-0.3, -0.25) is 0 Å². The van der Waals surface area contributed by atoms with E-state index in [0.717, 1.165) is 12.2 Å². The fourth-order valence-electron chi connectivity index (χ4n) is 2.95. The minimum atomic E-state index is -0.338. The van der Waals surface area contributed by atoms with Crippen molar-refractivity contribution in [2.24, 2.45) is 0 Å². The van der Waals surface area contributed by atoms with E-state index in [4.69, 9.17) is 9.26 Å². The lowest BCUT2D eigenvalue weighted by molar-refractivity contribution is 0.191. The molecule has 0 spiro atoms. The molecule has 110 valence electrons. The second kappa shape index (κ2) is 5.13. The topological polar surface area (TPSA) is 80.4 Å². The molecule has 1 unspecified atom stereocenters. The van der Waals surface area contributed by atoms with Crippen molar-refractivity contribution < 1.29 is 14.4 Å². The van der Waals surface area contributed by atoms with Gasteiger partial charge in [-0.05, 0) is 24.5 Å². The molecule has 1 aromatic heterocycles. The maximum absolute atomic E-state index is 9.55. The van der Waals surface area contributed by atoms with Gasteiger partial charge in [0, 0.05) is 6.54 Å². The van der Waals surface area contributed by atoms with E-state index in [9.17, 15) is 5.11 Å². The summed E-state index contributed by atoms with van der Waals surface area (Å²) in [7, 11) is 0. The molecule has 3 atom stereocenters. The highest BCUT2D eigenvalue weighted by molar-refractivity contribution is 5.36. The van der Waals surface area contributed by atoms with E-state index in [0.29, 0.717) is 31.3 Å². The molecule has 0 bridgehead atoms. The quantitative estimate of drug-likeness (QED) is 0.863. The summed E-state index contributed by atoms with van der Waals surface area (Å²) in [5.74, 6) is 2.30. The number of nitrogens with one attached hydrogen (secondary N) is 1. The molecule has 0 aliphatic carbocycles. The number of hydrogen-bond acceptors (Lipinski definition) is 6. The van der Waals surface area contributed by atoms with Gasteiger partial charge in [0.2, 0.25) is 5.89 Å². The molecule has 2 aliphatic heterocycles. The summed E-state index contributed by atoms with van der Waals surface area (Å²) in [5, 5.41) is 16.8. The van der Waals surface area contributed by atoms with Gasteiger partial charge in [0.1, 0.15) is 5.75 Å². The van der Waals surface area contributed by atoms with Crippen LogP contribution in [0.2, 0.25) is 0 Å². The van der Waals surface area contributed by atoms with Crippen molar-refractivity contribution in [3.63, 3.8) is 0 Å². The molecule has 6 heteroatoms. The first kappa shape index (κ1) is 12.8. The first-order chi connectivity index (χ1) is 10.3. The standard InChI is InChI=1S/C15H17N3O3/c19-11-6-12(16-7-11)15-17-14(18-21-15)10-5-9-3-1-2-4-13(9)20-8-10/h1-4,10-12,16,19H,5-8H2/t10?,11-,12+/m0/s1. The minimum absolute atomic E-state index is 0.0435. The average molecular weight is 287 g/mol. The monoisotopic (exact) mass is 287 g/mol. The minimum Gasteiger partial charge on any atom is -0.493 e. The summed E-state index contributed by atoms with van der Waals surface area (Å²) < 4.78 is 11.1. The molecule has 21 heavy (non-hydrogen) atoms. The molecule has 1 saturated heterocycles. The Morgan fingerprint density at radius 3 is 3.05 bits per heavy atom. The molecule has 1 aromatic carbocycles. The summed E-state index contributed by atoms with van der Waals surface area (Å²) in [6.45, 7) is 1.14. The van der Waals surface area contributed by atoms with Crippen molar-refractivity contribution in [3.05, 3.63) is 41.5 Å². The van der Waals surface area contributed by atoms with E-state index in [1.807, 2.05) is 18.2 Å². The number of ether oxygens (including phenoxy) is 1. The van der Waals surface area contributed by atoms with Crippen LogP contribution in [0.5, 0.6) is 5.75 Å². The van der Waals surface area contributed by atoms with Gasteiger partial charge in [0.15, 0.2) is 5.82 Å². The molecule has 6 nitrogen and oxygen atoms in total. The molecule has 2 aromatic rings. The zero-order valence-corrected chi connectivity index (χ0v) is 11.5. The molecule has 0 radical (unpaired) electrons. The van der Waals surface area contributed by atoms with Crippen LogP contribution in [0.1, 0.15) is 35.7 Å². The number of para-hydroxylation sites is 1. The van der Waals surface area contributed by atoms with Gasteiger partial charge in [0.25, 0.3) is 0 Å². The molecule has 1 fully saturated rings. The van der Waals surface area contributed by atoms with Crippen molar-refractivity contribution in [2.45, 2.75) is 30.9 Å². The third-order valence-corrected chi connectivity index (χ3v) is 4.11. The fourth-order valence-corrected chi connectivity index (χ4v) is 2.95. The number of benzene rings is 1. The smallest absolute Gasteiger partial charge is 0.243 e. The van der Waals surface area contributed by atoms with E-state index in [-0.39, 0.29) is 18.1 Å². The van der Waals surface area contributed by atoms with Gasteiger partial charge in [-0.2, -0.15) is 4.98 Å². The number of rotatable bonds is 2. The first-order valence-electron chi connectivity index (χ1n) is 7.25. The maximum atomic E-state index is 9.55. The van der Waals surface area contributed by atoms with Gasteiger partial charge < -0.3 is 19.7 Å². The highest BCUT2D eigenvalue weighted by Gasteiger charge is 2.30. The number of β-amino-alcohol motifs (C(OH)–C–C–N with tert-alkyl or cyclic N) is 1. The van der Waals surface area contributed by atoms with E-state index in [1.165, 1.54) is 5.56 Å². The van der Waals surface area contributed by atoms with Gasteiger partial charge >= 0.3 is 0 Å². The van der Waals surface area contributed by atoms with Crippen molar-refractivity contribution in [3.8, 4) is 5.75 Å². The number of nitrogens with zero attached hydrogens (tertiary/aromatic N) is 2. The first-order valence-corrected chi connectivity index (χ1v) is 7.25. The number of aromatic nitrogens is 2. The average Bonchev–Trinajstić information content (AvgIpc) is 3.15. The fraction of sp³-hybridized carbons (Fsp3) is 0.467. The Balaban J connectivity index is 1.52. The van der Waals surface area contributed by atoms with E-state index >= 15 is 0 Å². The summed E-state index contributed by atoms with van der Waals surface area (Å²) in [6, 6.07) is 7.99. The Morgan fingerprint density at radius 2 is 2.19 bits per heavy atom. The van der Waals surface area contributed by atoms with Crippen LogP contribution < -0.4 is 10.1 Å². The lowest BCUT2D eigenvalue weighted by atomic mass is 9.96. The lowest BCUT2D eigenvalue weighted by Crippen LogP contribution is -2.20. The zero-order chi connectivity index (χ0) is 14.2. The van der Waals surface area contributed by atoms with E-state index in [2.05, 4.69) is 21.5 Å². The molecular formula is C15H17N3O3.